The minimum atomic E-state index is 0. The van der Waals surface area contributed by atoms with Crippen LogP contribution in [0, 0.1) is 5.41 Å². The summed E-state index contributed by atoms with van der Waals surface area (Å²) in [6.45, 7) is 10.5. The van der Waals surface area contributed by atoms with E-state index in [1.165, 1.54) is 87.9 Å². The van der Waals surface area contributed by atoms with Crippen LogP contribution in [0.3, 0.4) is 0 Å². The third-order valence-electron chi connectivity index (χ3n) is 8.92. The average molecular weight is 488 g/mol. The number of hydrogen-bond donors (Lipinski definition) is 0. The molecule has 5 rings (SSSR count). The second kappa shape index (κ2) is 11.7. The minimum Gasteiger partial charge on any atom is -0.381 e. The fraction of sp³-hybridized carbons (Fsp3) is 0.724. The molecule has 0 amide bonds. The molecule has 2 aliphatic heterocycles. The number of piperazine rings is 1. The van der Waals surface area contributed by atoms with Crippen LogP contribution >= 0.6 is 12.4 Å². The maximum atomic E-state index is 5.61. The molecule has 4 nitrogen and oxygen atoms in total. The highest BCUT2D eigenvalue weighted by Crippen LogP contribution is 2.57. The van der Waals surface area contributed by atoms with E-state index in [1.807, 2.05) is 7.11 Å². The van der Waals surface area contributed by atoms with Crippen LogP contribution in [0.15, 0.2) is 24.3 Å². The third kappa shape index (κ3) is 5.94. The van der Waals surface area contributed by atoms with Crippen molar-refractivity contribution in [3.63, 3.8) is 0 Å². The number of anilines is 2. The van der Waals surface area contributed by atoms with Crippen molar-refractivity contribution < 1.29 is 4.74 Å². The topological polar surface area (TPSA) is 19.0 Å². The molecule has 2 saturated heterocycles. The lowest BCUT2D eigenvalue weighted by Gasteiger charge is -2.38. The highest BCUT2D eigenvalue weighted by molar-refractivity contribution is 5.85. The predicted molar refractivity (Wildman–Crippen MR) is 148 cm³/mol. The van der Waals surface area contributed by atoms with Gasteiger partial charge >= 0.3 is 0 Å². The molecule has 5 heteroatoms. The van der Waals surface area contributed by atoms with Gasteiger partial charge < -0.3 is 14.5 Å². The van der Waals surface area contributed by atoms with Crippen LogP contribution in [0.5, 0.6) is 0 Å². The highest BCUT2D eigenvalue weighted by Gasteiger charge is 2.43. The minimum absolute atomic E-state index is 0. The molecule has 0 unspecified atom stereocenters. The van der Waals surface area contributed by atoms with Gasteiger partial charge in [0.25, 0.3) is 0 Å². The van der Waals surface area contributed by atoms with Gasteiger partial charge in [-0.2, -0.15) is 0 Å². The maximum Gasteiger partial charge on any atom is 0.0605 e. The maximum absolute atomic E-state index is 5.61. The predicted octanol–water partition coefficient (Wildman–Crippen LogP) is 6.38. The summed E-state index contributed by atoms with van der Waals surface area (Å²) >= 11 is 0. The average Bonchev–Trinajstić information content (AvgIpc) is 3.63. The van der Waals surface area contributed by atoms with E-state index in [4.69, 9.17) is 4.74 Å². The first-order valence-electron chi connectivity index (χ1n) is 13.8. The van der Waals surface area contributed by atoms with E-state index in [0.29, 0.717) is 11.5 Å². The van der Waals surface area contributed by atoms with Gasteiger partial charge in [-0.3, -0.25) is 4.90 Å². The number of benzene rings is 1. The van der Waals surface area contributed by atoms with Crippen molar-refractivity contribution in [1.82, 2.24) is 4.90 Å². The zero-order chi connectivity index (χ0) is 22.7. The Morgan fingerprint density at radius 3 is 2.32 bits per heavy atom. The lowest BCUT2D eigenvalue weighted by Crippen LogP contribution is -2.47. The number of nitrogens with zero attached hydrogens (tertiary/aromatic N) is 3. The van der Waals surface area contributed by atoms with E-state index < -0.39 is 0 Å². The Bertz CT molecular complexity index is 821. The highest BCUT2D eigenvalue weighted by atomic mass is 35.5. The van der Waals surface area contributed by atoms with Gasteiger partial charge in [-0.25, -0.2) is 0 Å². The zero-order valence-corrected chi connectivity index (χ0v) is 22.4. The quantitative estimate of drug-likeness (QED) is 0.396. The van der Waals surface area contributed by atoms with Gasteiger partial charge in [0.1, 0.15) is 0 Å². The smallest absolute Gasteiger partial charge is 0.0605 e. The largest absolute Gasteiger partial charge is 0.381 e. The Balaban J connectivity index is 0.00000274. The number of ether oxygens (including phenoxy) is 1. The summed E-state index contributed by atoms with van der Waals surface area (Å²) in [7, 11) is 1.86. The van der Waals surface area contributed by atoms with Crippen LogP contribution in [0.2, 0.25) is 0 Å². The summed E-state index contributed by atoms with van der Waals surface area (Å²) in [5, 5.41) is 0. The summed E-state index contributed by atoms with van der Waals surface area (Å²) in [6, 6.07) is 7.38. The van der Waals surface area contributed by atoms with Crippen LogP contribution in [0.25, 0.3) is 5.57 Å². The molecule has 0 atom stereocenters. The van der Waals surface area contributed by atoms with Gasteiger partial charge in [-0.05, 0) is 87.1 Å². The number of piperidine rings is 1. The van der Waals surface area contributed by atoms with E-state index in [0.717, 1.165) is 39.0 Å². The molecule has 190 valence electrons. The first kappa shape index (κ1) is 25.9. The van der Waals surface area contributed by atoms with Crippen molar-refractivity contribution in [1.29, 1.82) is 0 Å². The van der Waals surface area contributed by atoms with Crippen LogP contribution in [0.1, 0.15) is 76.7 Å². The van der Waals surface area contributed by atoms with Crippen molar-refractivity contribution in [2.45, 2.75) is 77.2 Å². The van der Waals surface area contributed by atoms with Crippen LogP contribution in [0.4, 0.5) is 11.4 Å². The van der Waals surface area contributed by atoms with Crippen molar-refractivity contribution in [2.24, 2.45) is 5.41 Å². The fourth-order valence-corrected chi connectivity index (χ4v) is 6.22. The normalized spacial score (nSPS) is 23.1. The number of halogens is 1. The molecule has 0 bridgehead atoms. The Labute approximate surface area is 214 Å². The molecule has 1 aromatic carbocycles. The van der Waals surface area contributed by atoms with Crippen LogP contribution in [-0.4, -0.2) is 63.9 Å². The number of allylic oxidation sites excluding steroid dienone is 2. The fourth-order valence-electron chi connectivity index (χ4n) is 6.22. The van der Waals surface area contributed by atoms with Gasteiger partial charge in [0.15, 0.2) is 0 Å². The van der Waals surface area contributed by atoms with Crippen molar-refractivity contribution in [2.75, 3.05) is 62.7 Å². The lowest BCUT2D eigenvalue weighted by molar-refractivity contribution is 0.0819. The SMILES string of the molecule is CCCCCN1CCN(c2ccc(N3CCC(OC)CC3)cc2C2=CCC3(CC2)CC3)CC1.Cl. The van der Waals surface area contributed by atoms with E-state index in [2.05, 4.69) is 45.9 Å². The van der Waals surface area contributed by atoms with Gasteiger partial charge in [-0.1, -0.05) is 25.8 Å². The van der Waals surface area contributed by atoms with Gasteiger partial charge in [0, 0.05) is 63.3 Å². The van der Waals surface area contributed by atoms with Gasteiger partial charge in [0.2, 0.25) is 0 Å². The van der Waals surface area contributed by atoms with E-state index in [9.17, 15) is 0 Å². The summed E-state index contributed by atoms with van der Waals surface area (Å²) in [5.74, 6) is 0. The third-order valence-corrected chi connectivity index (χ3v) is 8.92. The molecule has 1 aromatic rings. The Morgan fingerprint density at radius 1 is 0.941 bits per heavy atom. The van der Waals surface area contributed by atoms with Crippen molar-refractivity contribution in [3.05, 3.63) is 29.8 Å². The molecule has 0 aromatic heterocycles. The van der Waals surface area contributed by atoms with Crippen molar-refractivity contribution in [3.8, 4) is 0 Å². The first-order valence-corrected chi connectivity index (χ1v) is 13.8. The Morgan fingerprint density at radius 2 is 1.71 bits per heavy atom. The summed E-state index contributed by atoms with van der Waals surface area (Å²) in [4.78, 5) is 7.94. The molecular weight excluding hydrogens is 442 g/mol. The molecule has 0 N–H and O–H groups in total. The summed E-state index contributed by atoms with van der Waals surface area (Å²) < 4.78 is 5.61. The summed E-state index contributed by atoms with van der Waals surface area (Å²) in [6.07, 6.45) is 16.2. The standard InChI is InChI=1S/C29H45N3O.ClH/c1-3-4-5-16-30-19-21-32(22-20-30)28-7-6-25(31-17-10-26(33-2)11-18-31)23-27(28)24-8-12-29(13-9-24)14-15-29;/h6-8,23,26H,3-5,9-22H2,1-2H3;1H. The number of rotatable bonds is 8. The monoisotopic (exact) mass is 487 g/mol. The molecule has 0 radical (unpaired) electrons. The van der Waals surface area contributed by atoms with Crippen LogP contribution < -0.4 is 9.80 Å². The molecule has 1 spiro atoms. The molecule has 2 aliphatic carbocycles. The molecule has 4 aliphatic rings. The molecule has 34 heavy (non-hydrogen) atoms. The molecule has 3 fully saturated rings. The van der Waals surface area contributed by atoms with Crippen LogP contribution in [-0.2, 0) is 4.74 Å². The number of unbranched alkanes of at least 4 members (excludes halogenated alkanes) is 2. The molecule has 1 saturated carbocycles. The van der Waals surface area contributed by atoms with Gasteiger partial charge in [-0.15, -0.1) is 12.4 Å². The van der Waals surface area contributed by atoms with Crippen molar-refractivity contribution >= 4 is 29.4 Å². The molecule has 2 heterocycles. The Hall–Kier alpha value is -1.23. The first-order chi connectivity index (χ1) is 16.2. The molecular formula is C29H46ClN3O. The van der Waals surface area contributed by atoms with E-state index in [-0.39, 0.29) is 12.4 Å². The zero-order valence-electron chi connectivity index (χ0n) is 21.6. The number of hydrogen-bond acceptors (Lipinski definition) is 4. The lowest BCUT2D eigenvalue weighted by atomic mass is 9.83. The number of methoxy groups -OCH3 is 1. The second-order valence-electron chi connectivity index (χ2n) is 11.1. The second-order valence-corrected chi connectivity index (χ2v) is 11.1. The summed E-state index contributed by atoms with van der Waals surface area (Å²) in [5.41, 5.74) is 6.72. The Kier molecular flexibility index (Phi) is 8.87. The van der Waals surface area contributed by atoms with E-state index >= 15 is 0 Å². The van der Waals surface area contributed by atoms with Gasteiger partial charge in [0.05, 0.1) is 6.10 Å². The van der Waals surface area contributed by atoms with E-state index in [1.54, 1.807) is 5.57 Å².